The zero-order valence-corrected chi connectivity index (χ0v) is 13.8. The van der Waals surface area contributed by atoms with Gasteiger partial charge in [-0.3, -0.25) is 4.79 Å². The molecule has 20 heavy (non-hydrogen) atoms. The molecule has 0 radical (unpaired) electrons. The van der Waals surface area contributed by atoms with Gasteiger partial charge in [-0.25, -0.2) is 0 Å². The standard InChI is InChI=1S/C18H35NO/c1-3-5-7-9-11-15-19(18(20)17-13-14-17)16-12-10-8-6-4-2/h17H,3-16H2,1-2H3. The maximum Gasteiger partial charge on any atom is 0.225 e. The highest BCUT2D eigenvalue weighted by molar-refractivity contribution is 5.81. The van der Waals surface area contributed by atoms with E-state index in [0.29, 0.717) is 11.8 Å². The molecule has 0 atom stereocenters. The van der Waals surface area contributed by atoms with E-state index in [1.54, 1.807) is 0 Å². The number of carbonyl (C=O) groups excluding carboxylic acids is 1. The van der Waals surface area contributed by atoms with Crippen LogP contribution in [0.2, 0.25) is 0 Å². The van der Waals surface area contributed by atoms with Crippen LogP contribution in [0.25, 0.3) is 0 Å². The van der Waals surface area contributed by atoms with Crippen LogP contribution in [0.5, 0.6) is 0 Å². The second-order valence-corrected chi connectivity index (χ2v) is 6.43. The van der Waals surface area contributed by atoms with Gasteiger partial charge in [0.25, 0.3) is 0 Å². The predicted octanol–water partition coefficient (Wildman–Crippen LogP) is 5.17. The van der Waals surface area contributed by atoms with Gasteiger partial charge in [-0.1, -0.05) is 65.2 Å². The second-order valence-electron chi connectivity index (χ2n) is 6.43. The molecule has 0 N–H and O–H groups in total. The molecule has 0 saturated heterocycles. The first-order chi connectivity index (χ1) is 9.79. The van der Waals surface area contributed by atoms with E-state index in [2.05, 4.69) is 18.7 Å². The Kier molecular flexibility index (Phi) is 9.78. The molecule has 118 valence electrons. The van der Waals surface area contributed by atoms with E-state index < -0.39 is 0 Å². The molecule has 1 aliphatic rings. The van der Waals surface area contributed by atoms with Crippen molar-refractivity contribution in [1.82, 2.24) is 4.90 Å². The summed E-state index contributed by atoms with van der Waals surface area (Å²) in [6, 6.07) is 0. The van der Waals surface area contributed by atoms with Crippen molar-refractivity contribution in [2.24, 2.45) is 5.92 Å². The van der Waals surface area contributed by atoms with Gasteiger partial charge in [0.15, 0.2) is 0 Å². The summed E-state index contributed by atoms with van der Waals surface area (Å²) in [7, 11) is 0. The van der Waals surface area contributed by atoms with Crippen molar-refractivity contribution in [3.63, 3.8) is 0 Å². The van der Waals surface area contributed by atoms with Crippen LogP contribution < -0.4 is 0 Å². The third kappa shape index (κ3) is 7.91. The first-order valence-corrected chi connectivity index (χ1v) is 9.08. The monoisotopic (exact) mass is 281 g/mol. The Bertz CT molecular complexity index is 234. The average Bonchev–Trinajstić information content (AvgIpc) is 3.28. The number of unbranched alkanes of at least 4 members (excludes halogenated alkanes) is 8. The van der Waals surface area contributed by atoms with E-state index >= 15 is 0 Å². The fourth-order valence-electron chi connectivity index (χ4n) is 2.73. The number of amides is 1. The number of nitrogens with zero attached hydrogens (tertiary/aromatic N) is 1. The van der Waals surface area contributed by atoms with Gasteiger partial charge in [0, 0.05) is 19.0 Å². The molecule has 2 nitrogen and oxygen atoms in total. The van der Waals surface area contributed by atoms with Gasteiger partial charge >= 0.3 is 0 Å². The highest BCUT2D eigenvalue weighted by Crippen LogP contribution is 2.31. The second kappa shape index (κ2) is 11.2. The number of hydrogen-bond acceptors (Lipinski definition) is 1. The fourth-order valence-corrected chi connectivity index (χ4v) is 2.73. The van der Waals surface area contributed by atoms with Crippen molar-refractivity contribution < 1.29 is 4.79 Å². The minimum atomic E-state index is 0.390. The first-order valence-electron chi connectivity index (χ1n) is 9.08. The Balaban J connectivity index is 2.16. The summed E-state index contributed by atoms with van der Waals surface area (Å²) in [5.74, 6) is 0.845. The van der Waals surface area contributed by atoms with Crippen LogP contribution in [0.15, 0.2) is 0 Å². The average molecular weight is 281 g/mol. The summed E-state index contributed by atoms with van der Waals surface area (Å²) in [4.78, 5) is 14.4. The molecule has 1 fully saturated rings. The van der Waals surface area contributed by atoms with Crippen molar-refractivity contribution in [3.05, 3.63) is 0 Å². The van der Waals surface area contributed by atoms with Crippen molar-refractivity contribution in [3.8, 4) is 0 Å². The molecular formula is C18H35NO. The third-order valence-electron chi connectivity index (χ3n) is 4.30. The van der Waals surface area contributed by atoms with Crippen LogP contribution in [-0.4, -0.2) is 23.9 Å². The maximum atomic E-state index is 12.3. The number of hydrogen-bond donors (Lipinski definition) is 0. The molecule has 0 aromatic carbocycles. The zero-order valence-electron chi connectivity index (χ0n) is 13.8. The lowest BCUT2D eigenvalue weighted by Crippen LogP contribution is -2.34. The normalized spacial score (nSPS) is 14.5. The van der Waals surface area contributed by atoms with Crippen LogP contribution in [0.1, 0.15) is 90.9 Å². The van der Waals surface area contributed by atoms with Gasteiger partial charge in [-0.15, -0.1) is 0 Å². The number of carbonyl (C=O) groups is 1. The van der Waals surface area contributed by atoms with Gasteiger partial charge < -0.3 is 4.90 Å². The molecule has 0 aromatic rings. The molecule has 0 heterocycles. The molecule has 0 bridgehead atoms. The molecule has 0 aromatic heterocycles. The van der Waals surface area contributed by atoms with E-state index in [9.17, 15) is 4.79 Å². The first kappa shape index (κ1) is 17.5. The van der Waals surface area contributed by atoms with Crippen LogP contribution in [0.4, 0.5) is 0 Å². The molecule has 0 spiro atoms. The van der Waals surface area contributed by atoms with Crippen molar-refractivity contribution >= 4 is 5.91 Å². The van der Waals surface area contributed by atoms with Crippen molar-refractivity contribution in [1.29, 1.82) is 0 Å². The van der Waals surface area contributed by atoms with E-state index in [0.717, 1.165) is 25.9 Å². The van der Waals surface area contributed by atoms with E-state index in [-0.39, 0.29) is 0 Å². The minimum Gasteiger partial charge on any atom is -0.342 e. The highest BCUT2D eigenvalue weighted by atomic mass is 16.2. The molecule has 1 aliphatic carbocycles. The third-order valence-corrected chi connectivity index (χ3v) is 4.30. The largest absolute Gasteiger partial charge is 0.342 e. The highest BCUT2D eigenvalue weighted by Gasteiger charge is 2.32. The Morgan fingerprint density at radius 3 is 1.65 bits per heavy atom. The van der Waals surface area contributed by atoms with Gasteiger partial charge in [-0.05, 0) is 25.7 Å². The Morgan fingerprint density at radius 1 is 0.800 bits per heavy atom. The van der Waals surface area contributed by atoms with Gasteiger partial charge in [-0.2, -0.15) is 0 Å². The molecular weight excluding hydrogens is 246 g/mol. The van der Waals surface area contributed by atoms with Gasteiger partial charge in [0.2, 0.25) is 5.91 Å². The van der Waals surface area contributed by atoms with E-state index in [1.807, 2.05) is 0 Å². The lowest BCUT2D eigenvalue weighted by Gasteiger charge is -2.23. The van der Waals surface area contributed by atoms with Crippen LogP contribution in [0, 0.1) is 5.92 Å². The Hall–Kier alpha value is -0.530. The number of rotatable bonds is 13. The molecule has 1 rings (SSSR count). The van der Waals surface area contributed by atoms with Gasteiger partial charge in [0.05, 0.1) is 0 Å². The Labute approximate surface area is 126 Å². The van der Waals surface area contributed by atoms with Crippen molar-refractivity contribution in [2.75, 3.05) is 13.1 Å². The fraction of sp³-hybridized carbons (Fsp3) is 0.944. The summed E-state index contributed by atoms with van der Waals surface area (Å²) in [5.41, 5.74) is 0. The molecule has 1 amide bonds. The van der Waals surface area contributed by atoms with Crippen molar-refractivity contribution in [2.45, 2.75) is 90.9 Å². The summed E-state index contributed by atoms with van der Waals surface area (Å²) in [6.07, 6.45) is 15.2. The molecule has 2 heteroatoms. The molecule has 0 aliphatic heterocycles. The summed E-state index contributed by atoms with van der Waals surface area (Å²) < 4.78 is 0. The van der Waals surface area contributed by atoms with E-state index in [4.69, 9.17) is 0 Å². The van der Waals surface area contributed by atoms with Gasteiger partial charge in [0.1, 0.15) is 0 Å². The quantitative estimate of drug-likeness (QED) is 0.427. The lowest BCUT2D eigenvalue weighted by molar-refractivity contribution is -0.132. The van der Waals surface area contributed by atoms with Crippen LogP contribution >= 0.6 is 0 Å². The smallest absolute Gasteiger partial charge is 0.225 e. The zero-order chi connectivity index (χ0) is 14.6. The SMILES string of the molecule is CCCCCCCN(CCCCCCC)C(=O)C1CC1. The maximum absolute atomic E-state index is 12.3. The predicted molar refractivity (Wildman–Crippen MR) is 86.8 cm³/mol. The minimum absolute atomic E-state index is 0.390. The lowest BCUT2D eigenvalue weighted by atomic mass is 10.1. The topological polar surface area (TPSA) is 20.3 Å². The summed E-state index contributed by atoms with van der Waals surface area (Å²) >= 11 is 0. The van der Waals surface area contributed by atoms with E-state index in [1.165, 1.54) is 64.2 Å². The Morgan fingerprint density at radius 2 is 1.25 bits per heavy atom. The van der Waals surface area contributed by atoms with Crippen LogP contribution in [-0.2, 0) is 4.79 Å². The summed E-state index contributed by atoms with van der Waals surface area (Å²) in [5, 5.41) is 0. The summed E-state index contributed by atoms with van der Waals surface area (Å²) in [6.45, 7) is 6.51. The van der Waals surface area contributed by atoms with Crippen LogP contribution in [0.3, 0.4) is 0 Å². The molecule has 0 unspecified atom stereocenters. The molecule has 1 saturated carbocycles.